The molecule has 0 aliphatic rings. The Morgan fingerprint density at radius 1 is 1.29 bits per heavy atom. The molecule has 2 rings (SSSR count). The molecule has 1 unspecified atom stereocenters. The van der Waals surface area contributed by atoms with E-state index >= 15 is 0 Å². The molecule has 0 bridgehead atoms. The minimum absolute atomic E-state index is 0.348. The lowest BCUT2D eigenvalue weighted by Gasteiger charge is -2.31. The van der Waals surface area contributed by atoms with Crippen LogP contribution in [0.5, 0.6) is 0 Å². The molecule has 2 aromatic rings. The minimum Gasteiger partial charge on any atom is -0.354 e. The summed E-state index contributed by atoms with van der Waals surface area (Å²) in [6.45, 7) is 9.01. The molecule has 0 amide bonds. The summed E-state index contributed by atoms with van der Waals surface area (Å²) in [5.74, 6) is 1.54. The maximum absolute atomic E-state index is 4.68. The third-order valence-electron chi connectivity index (χ3n) is 3.38. The normalized spacial score (nSPS) is 12.9. The number of H-pyrrole nitrogens is 1. The first kappa shape index (κ1) is 15.5. The zero-order chi connectivity index (χ0) is 15.4. The number of hydrogen-bond acceptors (Lipinski definition) is 6. The summed E-state index contributed by atoms with van der Waals surface area (Å²) in [4.78, 5) is 21.0. The van der Waals surface area contributed by atoms with Gasteiger partial charge in [0.2, 0.25) is 5.95 Å². The number of nitrogens with zero attached hydrogens (tertiary/aromatic N) is 5. The molecule has 0 saturated carbocycles. The number of aromatic nitrogens is 4. The van der Waals surface area contributed by atoms with Gasteiger partial charge in [-0.15, -0.1) is 0 Å². The van der Waals surface area contributed by atoms with Gasteiger partial charge in [-0.1, -0.05) is 0 Å². The third kappa shape index (κ3) is 3.41. The van der Waals surface area contributed by atoms with Crippen molar-refractivity contribution < 1.29 is 0 Å². The van der Waals surface area contributed by atoms with Gasteiger partial charge in [-0.05, 0) is 34.9 Å². The van der Waals surface area contributed by atoms with Crippen LogP contribution < -0.4 is 10.2 Å². The second-order valence-electron chi connectivity index (χ2n) is 5.40. The molecule has 0 aliphatic carbocycles. The summed E-state index contributed by atoms with van der Waals surface area (Å²) in [6, 6.07) is 0.348. The van der Waals surface area contributed by atoms with Crippen molar-refractivity contribution in [1.82, 2.24) is 24.8 Å². The van der Waals surface area contributed by atoms with Crippen molar-refractivity contribution in [3.05, 3.63) is 6.33 Å². The first-order valence-corrected chi connectivity index (χ1v) is 7.43. The second-order valence-corrected chi connectivity index (χ2v) is 5.40. The van der Waals surface area contributed by atoms with Crippen molar-refractivity contribution in [2.24, 2.45) is 0 Å². The number of aromatic amines is 1. The Morgan fingerprint density at radius 3 is 2.67 bits per heavy atom. The lowest BCUT2D eigenvalue weighted by molar-refractivity contribution is 0.372. The first-order chi connectivity index (χ1) is 10.1. The molecule has 1 atom stereocenters. The molecule has 0 aliphatic heterocycles. The van der Waals surface area contributed by atoms with Crippen molar-refractivity contribution in [2.75, 3.05) is 43.9 Å². The number of nitrogens with one attached hydrogen (secondary N) is 2. The van der Waals surface area contributed by atoms with E-state index in [0.717, 1.165) is 31.0 Å². The van der Waals surface area contributed by atoms with Gasteiger partial charge in [0.05, 0.1) is 6.33 Å². The van der Waals surface area contributed by atoms with Crippen LogP contribution in [0.3, 0.4) is 0 Å². The number of hydrogen-bond donors (Lipinski definition) is 2. The van der Waals surface area contributed by atoms with Gasteiger partial charge in [0, 0.05) is 25.7 Å². The highest BCUT2D eigenvalue weighted by Gasteiger charge is 2.20. The van der Waals surface area contributed by atoms with Gasteiger partial charge >= 0.3 is 0 Å². The van der Waals surface area contributed by atoms with Crippen molar-refractivity contribution in [1.29, 1.82) is 0 Å². The summed E-state index contributed by atoms with van der Waals surface area (Å²) in [7, 11) is 4.17. The average Bonchev–Trinajstić information content (AvgIpc) is 2.87. The predicted molar refractivity (Wildman–Crippen MR) is 86.9 cm³/mol. The van der Waals surface area contributed by atoms with E-state index in [4.69, 9.17) is 0 Å². The van der Waals surface area contributed by atoms with E-state index in [2.05, 4.69) is 63.0 Å². The molecule has 2 N–H and O–H groups in total. The molecule has 0 saturated heterocycles. The van der Waals surface area contributed by atoms with Crippen LogP contribution in [0.1, 0.15) is 20.8 Å². The van der Waals surface area contributed by atoms with Crippen LogP contribution in [0.4, 0.5) is 11.8 Å². The van der Waals surface area contributed by atoms with Gasteiger partial charge in [-0.25, -0.2) is 4.98 Å². The molecular weight excluding hydrogens is 266 g/mol. The van der Waals surface area contributed by atoms with Crippen LogP contribution in [0, 0.1) is 0 Å². The van der Waals surface area contributed by atoms with E-state index in [1.807, 2.05) is 6.92 Å². The molecule has 2 aromatic heterocycles. The first-order valence-electron chi connectivity index (χ1n) is 7.43. The topological polar surface area (TPSA) is 73.0 Å². The summed E-state index contributed by atoms with van der Waals surface area (Å²) in [6.07, 6.45) is 1.67. The largest absolute Gasteiger partial charge is 0.354 e. The minimum atomic E-state index is 0.348. The molecule has 0 radical (unpaired) electrons. The Kier molecular flexibility index (Phi) is 4.95. The molecule has 7 heteroatoms. The third-order valence-corrected chi connectivity index (χ3v) is 3.38. The lowest BCUT2D eigenvalue weighted by Crippen LogP contribution is -2.40. The highest BCUT2D eigenvalue weighted by Crippen LogP contribution is 2.24. The zero-order valence-corrected chi connectivity index (χ0v) is 13.5. The second kappa shape index (κ2) is 6.71. The molecule has 0 aromatic carbocycles. The number of rotatable bonds is 7. The van der Waals surface area contributed by atoms with E-state index in [1.54, 1.807) is 6.33 Å². The van der Waals surface area contributed by atoms with Crippen LogP contribution in [0.25, 0.3) is 11.2 Å². The highest BCUT2D eigenvalue weighted by atomic mass is 15.3. The summed E-state index contributed by atoms with van der Waals surface area (Å²) in [5, 5.41) is 3.18. The van der Waals surface area contributed by atoms with Crippen LogP contribution in [-0.4, -0.2) is 64.6 Å². The monoisotopic (exact) mass is 291 g/mol. The number of anilines is 2. The fourth-order valence-corrected chi connectivity index (χ4v) is 2.56. The van der Waals surface area contributed by atoms with Crippen LogP contribution in [-0.2, 0) is 0 Å². The fraction of sp³-hybridized carbons (Fsp3) is 0.643. The number of imidazole rings is 1. The molecule has 116 valence electrons. The lowest BCUT2D eigenvalue weighted by atomic mass is 10.2. The van der Waals surface area contributed by atoms with Crippen molar-refractivity contribution in [3.63, 3.8) is 0 Å². The maximum atomic E-state index is 4.68. The van der Waals surface area contributed by atoms with Gasteiger partial charge in [-0.2, -0.15) is 9.97 Å². The Hall–Kier alpha value is -1.89. The summed E-state index contributed by atoms with van der Waals surface area (Å²) in [5.41, 5.74) is 1.59. The SMILES string of the molecule is CCNc1nc(N(CC)C(C)CN(C)C)c2[nH]cnc2n1. The van der Waals surface area contributed by atoms with Gasteiger partial charge in [-0.3, -0.25) is 0 Å². The highest BCUT2D eigenvalue weighted by molar-refractivity contribution is 5.84. The van der Waals surface area contributed by atoms with E-state index in [1.165, 1.54) is 0 Å². The number of likely N-dealkylation sites (N-methyl/N-ethyl adjacent to an activating group) is 2. The van der Waals surface area contributed by atoms with Crippen molar-refractivity contribution in [2.45, 2.75) is 26.8 Å². The zero-order valence-electron chi connectivity index (χ0n) is 13.5. The molecule has 0 spiro atoms. The van der Waals surface area contributed by atoms with Crippen molar-refractivity contribution >= 4 is 22.9 Å². The summed E-state index contributed by atoms with van der Waals surface area (Å²) < 4.78 is 0. The summed E-state index contributed by atoms with van der Waals surface area (Å²) >= 11 is 0. The Morgan fingerprint density at radius 2 is 2.05 bits per heavy atom. The van der Waals surface area contributed by atoms with E-state index < -0.39 is 0 Å². The fourth-order valence-electron chi connectivity index (χ4n) is 2.56. The van der Waals surface area contributed by atoms with Crippen LogP contribution >= 0.6 is 0 Å². The van der Waals surface area contributed by atoms with Gasteiger partial charge in [0.25, 0.3) is 0 Å². The Bertz CT molecular complexity index is 578. The van der Waals surface area contributed by atoms with E-state index in [-0.39, 0.29) is 0 Å². The van der Waals surface area contributed by atoms with Crippen molar-refractivity contribution in [3.8, 4) is 0 Å². The quantitative estimate of drug-likeness (QED) is 0.806. The van der Waals surface area contributed by atoms with Crippen LogP contribution in [0.2, 0.25) is 0 Å². The molecule has 0 fully saturated rings. The molecule has 21 heavy (non-hydrogen) atoms. The Balaban J connectivity index is 2.43. The average molecular weight is 291 g/mol. The maximum Gasteiger partial charge on any atom is 0.226 e. The molecule has 2 heterocycles. The Labute approximate surface area is 125 Å². The molecule has 7 nitrogen and oxygen atoms in total. The van der Waals surface area contributed by atoms with Gasteiger partial charge in [0.15, 0.2) is 11.5 Å². The van der Waals surface area contributed by atoms with Gasteiger partial charge in [0.1, 0.15) is 5.52 Å². The van der Waals surface area contributed by atoms with Gasteiger partial charge < -0.3 is 20.1 Å². The predicted octanol–water partition coefficient (Wildman–Crippen LogP) is 1.56. The van der Waals surface area contributed by atoms with Crippen LogP contribution in [0.15, 0.2) is 6.33 Å². The number of fused-ring (bicyclic) bond motifs is 1. The smallest absolute Gasteiger partial charge is 0.226 e. The van der Waals surface area contributed by atoms with E-state index in [0.29, 0.717) is 17.6 Å². The van der Waals surface area contributed by atoms with E-state index in [9.17, 15) is 0 Å². The standard InChI is InChI=1S/C14H25N7/c1-6-15-14-18-12-11(16-9-17-12)13(19-14)21(7-2)10(3)8-20(4)5/h9-10H,6-8H2,1-5H3,(H2,15,16,17,18,19). The molecular formula is C14H25N7.